The molecule has 0 aliphatic heterocycles. The first kappa shape index (κ1) is 13.3. The van der Waals surface area contributed by atoms with Crippen LogP contribution in [0.3, 0.4) is 0 Å². The van der Waals surface area contributed by atoms with E-state index in [0.717, 1.165) is 30.5 Å². The lowest BCUT2D eigenvalue weighted by atomic mass is 10.00. The van der Waals surface area contributed by atoms with E-state index < -0.39 is 0 Å². The van der Waals surface area contributed by atoms with Gasteiger partial charge in [-0.15, -0.1) is 0 Å². The van der Waals surface area contributed by atoms with Gasteiger partial charge in [-0.25, -0.2) is 9.37 Å². The van der Waals surface area contributed by atoms with Crippen LogP contribution in [0.2, 0.25) is 0 Å². The second-order valence-electron chi connectivity index (χ2n) is 5.40. The number of rotatable bonds is 3. The minimum atomic E-state index is -0.185. The number of halogens is 1. The zero-order chi connectivity index (χ0) is 14.1. The molecule has 106 valence electrons. The normalized spacial score (nSPS) is 15.9. The number of nitrogens with zero attached hydrogens (tertiary/aromatic N) is 2. The fourth-order valence-corrected chi connectivity index (χ4v) is 2.95. The molecule has 1 aliphatic rings. The molecule has 1 atom stereocenters. The summed E-state index contributed by atoms with van der Waals surface area (Å²) in [4.78, 5) is 4.48. The molecule has 2 aromatic rings. The maximum atomic E-state index is 14.4. The predicted molar refractivity (Wildman–Crippen MR) is 77.6 cm³/mol. The van der Waals surface area contributed by atoms with Crippen LogP contribution in [0.25, 0.3) is 5.69 Å². The van der Waals surface area contributed by atoms with Gasteiger partial charge in [0.1, 0.15) is 5.82 Å². The number of fused-ring (bicyclic) bond motifs is 1. The van der Waals surface area contributed by atoms with Crippen molar-refractivity contribution >= 4 is 0 Å². The summed E-state index contributed by atoms with van der Waals surface area (Å²) < 4.78 is 16.4. The molecule has 1 aromatic carbocycles. The van der Waals surface area contributed by atoms with Crippen molar-refractivity contribution in [1.82, 2.24) is 14.9 Å². The number of para-hydroxylation sites is 1. The van der Waals surface area contributed by atoms with Crippen molar-refractivity contribution in [3.8, 4) is 5.69 Å². The van der Waals surface area contributed by atoms with Crippen molar-refractivity contribution in [2.24, 2.45) is 0 Å². The van der Waals surface area contributed by atoms with Gasteiger partial charge in [-0.2, -0.15) is 0 Å². The molecule has 0 amide bonds. The van der Waals surface area contributed by atoms with Crippen LogP contribution >= 0.6 is 0 Å². The van der Waals surface area contributed by atoms with Gasteiger partial charge in [0.25, 0.3) is 0 Å². The van der Waals surface area contributed by atoms with Gasteiger partial charge in [0.2, 0.25) is 0 Å². The summed E-state index contributed by atoms with van der Waals surface area (Å²) in [7, 11) is 1.89. The Kier molecular flexibility index (Phi) is 3.57. The maximum absolute atomic E-state index is 14.4. The number of nitrogens with one attached hydrogen (secondary N) is 1. The highest BCUT2D eigenvalue weighted by atomic mass is 19.1. The summed E-state index contributed by atoms with van der Waals surface area (Å²) in [6, 6.07) is 5.37. The number of aromatic nitrogens is 2. The highest BCUT2D eigenvalue weighted by molar-refractivity contribution is 5.46. The molecule has 1 heterocycles. The molecule has 1 aromatic heterocycles. The van der Waals surface area contributed by atoms with E-state index in [0.29, 0.717) is 5.69 Å². The Morgan fingerprint density at radius 1 is 1.30 bits per heavy atom. The molecule has 3 nitrogen and oxygen atoms in total. The molecule has 0 saturated heterocycles. The average Bonchev–Trinajstić information content (AvgIpc) is 2.90. The van der Waals surface area contributed by atoms with Crippen molar-refractivity contribution in [2.45, 2.75) is 38.6 Å². The van der Waals surface area contributed by atoms with Crippen LogP contribution in [-0.2, 0) is 12.8 Å². The standard InChI is InChI=1S/C16H20FN3/c1-11(18-2)12-6-5-7-13(17)16(12)20-10-19-14-8-3-4-9-15(14)20/h5-7,10-11,18H,3-4,8-9H2,1-2H3. The Bertz CT molecular complexity index is 618. The second kappa shape index (κ2) is 5.37. The van der Waals surface area contributed by atoms with E-state index in [2.05, 4.69) is 10.3 Å². The first-order valence-corrected chi connectivity index (χ1v) is 7.23. The van der Waals surface area contributed by atoms with Crippen molar-refractivity contribution in [3.05, 3.63) is 47.3 Å². The fraction of sp³-hybridized carbons (Fsp3) is 0.438. The van der Waals surface area contributed by atoms with E-state index in [1.165, 1.54) is 18.2 Å². The molecule has 0 radical (unpaired) electrons. The average molecular weight is 273 g/mol. The molecular formula is C16H20FN3. The highest BCUT2D eigenvalue weighted by Gasteiger charge is 2.21. The Hall–Kier alpha value is -1.68. The summed E-state index contributed by atoms with van der Waals surface area (Å²) in [5.74, 6) is -0.185. The number of benzene rings is 1. The molecule has 0 spiro atoms. The molecule has 1 N–H and O–H groups in total. The molecule has 0 fully saturated rings. The van der Waals surface area contributed by atoms with Crippen LogP contribution < -0.4 is 5.32 Å². The van der Waals surface area contributed by atoms with Gasteiger partial charge < -0.3 is 5.32 Å². The van der Waals surface area contributed by atoms with Crippen LogP contribution in [0.1, 0.15) is 42.8 Å². The van der Waals surface area contributed by atoms with Crippen LogP contribution in [0.15, 0.2) is 24.5 Å². The summed E-state index contributed by atoms with van der Waals surface area (Å²) in [6.45, 7) is 2.04. The number of hydrogen-bond acceptors (Lipinski definition) is 2. The number of imidazole rings is 1. The summed E-state index contributed by atoms with van der Waals surface area (Å²) in [6.07, 6.45) is 6.11. The third-order valence-corrected chi connectivity index (χ3v) is 4.19. The second-order valence-corrected chi connectivity index (χ2v) is 5.40. The van der Waals surface area contributed by atoms with Crippen LogP contribution in [0, 0.1) is 5.82 Å². The quantitative estimate of drug-likeness (QED) is 0.931. The van der Waals surface area contributed by atoms with Crippen molar-refractivity contribution in [2.75, 3.05) is 7.05 Å². The van der Waals surface area contributed by atoms with Crippen molar-refractivity contribution in [1.29, 1.82) is 0 Å². The van der Waals surface area contributed by atoms with Crippen LogP contribution in [0.4, 0.5) is 4.39 Å². The number of hydrogen-bond donors (Lipinski definition) is 1. The molecule has 0 bridgehead atoms. The van der Waals surface area contributed by atoms with Gasteiger partial charge >= 0.3 is 0 Å². The molecule has 4 heteroatoms. The lowest BCUT2D eigenvalue weighted by Gasteiger charge is -2.20. The van der Waals surface area contributed by atoms with Crippen LogP contribution in [-0.4, -0.2) is 16.6 Å². The topological polar surface area (TPSA) is 29.9 Å². The first-order valence-electron chi connectivity index (χ1n) is 7.23. The van der Waals surface area contributed by atoms with Gasteiger partial charge in [-0.05, 0) is 51.3 Å². The van der Waals surface area contributed by atoms with Crippen LogP contribution in [0.5, 0.6) is 0 Å². The van der Waals surface area contributed by atoms with Gasteiger partial charge in [0.15, 0.2) is 0 Å². The fourth-order valence-electron chi connectivity index (χ4n) is 2.95. The lowest BCUT2D eigenvalue weighted by molar-refractivity contribution is 0.588. The lowest BCUT2D eigenvalue weighted by Crippen LogP contribution is -2.17. The highest BCUT2D eigenvalue weighted by Crippen LogP contribution is 2.29. The summed E-state index contributed by atoms with van der Waals surface area (Å²) >= 11 is 0. The zero-order valence-electron chi connectivity index (χ0n) is 12.0. The van der Waals surface area contributed by atoms with E-state index in [9.17, 15) is 4.39 Å². The Morgan fingerprint density at radius 2 is 2.10 bits per heavy atom. The van der Waals surface area contributed by atoms with Crippen molar-refractivity contribution in [3.63, 3.8) is 0 Å². The Morgan fingerprint density at radius 3 is 2.90 bits per heavy atom. The molecule has 20 heavy (non-hydrogen) atoms. The molecule has 1 unspecified atom stereocenters. The van der Waals surface area contributed by atoms with E-state index in [1.54, 1.807) is 12.4 Å². The zero-order valence-corrected chi connectivity index (χ0v) is 12.0. The third kappa shape index (κ3) is 2.14. The van der Waals surface area contributed by atoms with E-state index in [4.69, 9.17) is 0 Å². The third-order valence-electron chi connectivity index (χ3n) is 4.19. The Balaban J connectivity index is 2.16. The summed E-state index contributed by atoms with van der Waals surface area (Å²) in [5, 5.41) is 3.19. The van der Waals surface area contributed by atoms with Crippen molar-refractivity contribution < 1.29 is 4.39 Å². The molecule has 0 saturated carbocycles. The minimum absolute atomic E-state index is 0.0994. The monoisotopic (exact) mass is 273 g/mol. The van der Waals surface area contributed by atoms with Gasteiger partial charge in [-0.1, -0.05) is 12.1 Å². The van der Waals surface area contributed by atoms with E-state index in [-0.39, 0.29) is 11.9 Å². The molecule has 1 aliphatic carbocycles. The predicted octanol–water partition coefficient (Wildman–Crippen LogP) is 3.17. The van der Waals surface area contributed by atoms with E-state index >= 15 is 0 Å². The Labute approximate surface area is 118 Å². The SMILES string of the molecule is CNC(C)c1cccc(F)c1-n1cnc2c1CCCC2. The summed E-state index contributed by atoms with van der Waals surface area (Å²) in [5.41, 5.74) is 3.91. The first-order chi connectivity index (χ1) is 9.72. The number of aryl methyl sites for hydroxylation is 1. The minimum Gasteiger partial charge on any atom is -0.313 e. The van der Waals surface area contributed by atoms with Gasteiger partial charge in [-0.3, -0.25) is 4.57 Å². The maximum Gasteiger partial charge on any atom is 0.147 e. The smallest absolute Gasteiger partial charge is 0.147 e. The molecular weight excluding hydrogens is 253 g/mol. The van der Waals surface area contributed by atoms with Gasteiger partial charge in [0, 0.05) is 11.7 Å². The largest absolute Gasteiger partial charge is 0.313 e. The molecule has 3 rings (SSSR count). The van der Waals surface area contributed by atoms with E-state index in [1.807, 2.05) is 24.6 Å². The van der Waals surface area contributed by atoms with Gasteiger partial charge in [0.05, 0.1) is 17.7 Å².